The van der Waals surface area contributed by atoms with Gasteiger partial charge in [-0.05, 0) is 17.7 Å². The van der Waals surface area contributed by atoms with E-state index in [0.717, 1.165) is 12.1 Å². The smallest absolute Gasteiger partial charge is 0.407 e. The number of hydrogen-bond acceptors (Lipinski definition) is 3. The maximum Gasteiger partial charge on any atom is 0.407 e. The predicted octanol–water partition coefficient (Wildman–Crippen LogP) is 2.46. The molecule has 0 aliphatic carbocycles. The molecule has 0 fully saturated rings. The highest BCUT2D eigenvalue weighted by atomic mass is 35.5. The fourth-order valence-corrected chi connectivity index (χ4v) is 1.13. The van der Waals surface area contributed by atoms with E-state index in [9.17, 15) is 18.0 Å². The third-order valence-electron chi connectivity index (χ3n) is 2.04. The summed E-state index contributed by atoms with van der Waals surface area (Å²) < 4.78 is 41.1. The van der Waals surface area contributed by atoms with Crippen molar-refractivity contribution in [3.63, 3.8) is 0 Å². The van der Waals surface area contributed by atoms with Gasteiger partial charge in [0.25, 0.3) is 0 Å². The van der Waals surface area contributed by atoms with Gasteiger partial charge in [0.05, 0.1) is 12.7 Å². The second kappa shape index (κ2) is 5.88. The second-order valence-electron chi connectivity index (χ2n) is 3.13. The van der Waals surface area contributed by atoms with Crippen molar-refractivity contribution < 1.29 is 22.7 Å². The number of alkyl halides is 3. The summed E-state index contributed by atoms with van der Waals surface area (Å²) in [5.41, 5.74) is 5.07. The molecule has 2 N–H and O–H groups in total. The van der Waals surface area contributed by atoms with Crippen LogP contribution in [0.5, 0.6) is 0 Å². The van der Waals surface area contributed by atoms with E-state index < -0.39 is 18.2 Å². The molecule has 0 saturated heterocycles. The van der Waals surface area contributed by atoms with Gasteiger partial charge in [-0.2, -0.15) is 13.2 Å². The number of hydrogen-bond donors (Lipinski definition) is 1. The summed E-state index contributed by atoms with van der Waals surface area (Å²) in [6.45, 7) is 0. The van der Waals surface area contributed by atoms with E-state index in [1.54, 1.807) is 0 Å². The normalized spacial score (nSPS) is 12.5. The van der Waals surface area contributed by atoms with Gasteiger partial charge in [0, 0.05) is 0 Å². The van der Waals surface area contributed by atoms with Gasteiger partial charge < -0.3 is 10.5 Å². The molecule has 0 aliphatic heterocycles. The van der Waals surface area contributed by atoms with Crippen LogP contribution in [0.25, 0.3) is 0 Å². The highest BCUT2D eigenvalue weighted by Crippen LogP contribution is 2.30. The van der Waals surface area contributed by atoms with Crippen molar-refractivity contribution in [2.24, 2.45) is 5.73 Å². The molecule has 0 radical (unpaired) electrons. The quantitative estimate of drug-likeness (QED) is 0.839. The van der Waals surface area contributed by atoms with Crippen LogP contribution in [0, 0.1) is 0 Å². The Morgan fingerprint density at radius 1 is 1.29 bits per heavy atom. The standard InChI is InChI=1S/C10H10F3NO2.ClH/c1-16-9(15)7-4-2-6(3-5-7)8(14)10(11,12)13;/h2-5,8H,14H2,1H3;1H/t8-;/m0./s1. The molecule has 3 nitrogen and oxygen atoms in total. The Hall–Kier alpha value is -1.27. The van der Waals surface area contributed by atoms with Crippen LogP contribution in [0.1, 0.15) is 22.0 Å². The van der Waals surface area contributed by atoms with Crippen LogP contribution in [0.2, 0.25) is 0 Å². The molecule has 0 aromatic heterocycles. The van der Waals surface area contributed by atoms with Gasteiger partial charge in [-0.3, -0.25) is 0 Å². The molecule has 1 aromatic carbocycles. The van der Waals surface area contributed by atoms with Crippen LogP contribution in [0.15, 0.2) is 24.3 Å². The van der Waals surface area contributed by atoms with Crippen LogP contribution in [-0.4, -0.2) is 19.3 Å². The number of rotatable bonds is 2. The largest absolute Gasteiger partial charge is 0.465 e. The minimum Gasteiger partial charge on any atom is -0.465 e. The summed E-state index contributed by atoms with van der Waals surface area (Å²) in [6.07, 6.45) is -4.49. The summed E-state index contributed by atoms with van der Waals surface area (Å²) in [7, 11) is 1.19. The lowest BCUT2D eigenvalue weighted by Gasteiger charge is -2.15. The van der Waals surface area contributed by atoms with Crippen LogP contribution in [0.4, 0.5) is 13.2 Å². The number of ether oxygens (including phenoxy) is 1. The Morgan fingerprint density at radius 3 is 2.12 bits per heavy atom. The first kappa shape index (κ1) is 15.7. The van der Waals surface area contributed by atoms with E-state index >= 15 is 0 Å². The molecular weight excluding hydrogens is 259 g/mol. The molecule has 0 aliphatic rings. The van der Waals surface area contributed by atoms with Gasteiger partial charge in [-0.15, -0.1) is 12.4 Å². The Balaban J connectivity index is 0.00000256. The molecule has 1 aromatic rings. The molecule has 17 heavy (non-hydrogen) atoms. The monoisotopic (exact) mass is 269 g/mol. The van der Waals surface area contributed by atoms with E-state index in [4.69, 9.17) is 5.73 Å². The third kappa shape index (κ3) is 3.90. The first-order chi connectivity index (χ1) is 7.36. The zero-order chi connectivity index (χ0) is 12.3. The van der Waals surface area contributed by atoms with E-state index in [0.29, 0.717) is 0 Å². The summed E-state index contributed by atoms with van der Waals surface area (Å²) in [5, 5.41) is 0. The van der Waals surface area contributed by atoms with Crippen molar-refractivity contribution in [3.8, 4) is 0 Å². The Morgan fingerprint density at radius 2 is 1.76 bits per heavy atom. The molecule has 0 bridgehead atoms. The van der Waals surface area contributed by atoms with E-state index in [1.807, 2.05) is 0 Å². The van der Waals surface area contributed by atoms with Gasteiger partial charge >= 0.3 is 12.1 Å². The fraction of sp³-hybridized carbons (Fsp3) is 0.300. The average Bonchev–Trinajstić information content (AvgIpc) is 2.26. The Kier molecular flexibility index (Phi) is 5.44. The molecule has 0 unspecified atom stereocenters. The fourth-order valence-electron chi connectivity index (χ4n) is 1.13. The number of carbonyl (C=O) groups is 1. The first-order valence-electron chi connectivity index (χ1n) is 4.37. The van der Waals surface area contributed by atoms with E-state index in [1.165, 1.54) is 19.2 Å². The molecule has 1 rings (SSSR count). The number of methoxy groups -OCH3 is 1. The van der Waals surface area contributed by atoms with Gasteiger partial charge in [0.15, 0.2) is 0 Å². The lowest BCUT2D eigenvalue weighted by atomic mass is 10.1. The zero-order valence-corrected chi connectivity index (χ0v) is 9.64. The first-order valence-corrected chi connectivity index (χ1v) is 4.37. The second-order valence-corrected chi connectivity index (χ2v) is 3.13. The van der Waals surface area contributed by atoms with Crippen LogP contribution in [-0.2, 0) is 4.74 Å². The molecule has 1 atom stereocenters. The highest BCUT2D eigenvalue weighted by Gasteiger charge is 2.37. The summed E-state index contributed by atoms with van der Waals surface area (Å²) in [4.78, 5) is 11.0. The minimum atomic E-state index is -4.49. The zero-order valence-electron chi connectivity index (χ0n) is 8.82. The summed E-state index contributed by atoms with van der Waals surface area (Å²) in [5.74, 6) is -0.605. The van der Waals surface area contributed by atoms with Crippen molar-refractivity contribution in [2.45, 2.75) is 12.2 Å². The van der Waals surface area contributed by atoms with Crippen LogP contribution >= 0.6 is 12.4 Å². The number of nitrogens with two attached hydrogens (primary N) is 1. The van der Waals surface area contributed by atoms with E-state index in [-0.39, 0.29) is 23.5 Å². The highest BCUT2D eigenvalue weighted by molar-refractivity contribution is 5.89. The third-order valence-corrected chi connectivity index (χ3v) is 2.04. The molecule has 0 spiro atoms. The predicted molar refractivity (Wildman–Crippen MR) is 58.0 cm³/mol. The summed E-state index contributed by atoms with van der Waals surface area (Å²) >= 11 is 0. The van der Waals surface area contributed by atoms with Crippen molar-refractivity contribution >= 4 is 18.4 Å². The van der Waals surface area contributed by atoms with Crippen molar-refractivity contribution in [1.29, 1.82) is 0 Å². The number of carbonyl (C=O) groups excluding carboxylic acids is 1. The van der Waals surface area contributed by atoms with Gasteiger partial charge in [0.2, 0.25) is 0 Å². The van der Waals surface area contributed by atoms with Crippen molar-refractivity contribution in [3.05, 3.63) is 35.4 Å². The number of esters is 1. The molecule has 96 valence electrons. The van der Waals surface area contributed by atoms with Gasteiger partial charge in [0.1, 0.15) is 6.04 Å². The van der Waals surface area contributed by atoms with Crippen LogP contribution < -0.4 is 5.73 Å². The topological polar surface area (TPSA) is 52.3 Å². The number of halogens is 4. The lowest BCUT2D eigenvalue weighted by molar-refractivity contribution is -0.149. The maximum atomic E-state index is 12.2. The Bertz CT molecular complexity index is 378. The van der Waals surface area contributed by atoms with Crippen LogP contribution in [0.3, 0.4) is 0 Å². The Labute approximate surface area is 102 Å². The van der Waals surface area contributed by atoms with Gasteiger partial charge in [-0.1, -0.05) is 12.1 Å². The number of benzene rings is 1. The molecule has 0 saturated carbocycles. The lowest BCUT2D eigenvalue weighted by Crippen LogP contribution is -2.28. The minimum absolute atomic E-state index is 0. The molecule has 0 amide bonds. The van der Waals surface area contributed by atoms with Crippen molar-refractivity contribution in [2.75, 3.05) is 7.11 Å². The molecule has 0 heterocycles. The molecule has 7 heteroatoms. The maximum absolute atomic E-state index is 12.2. The SMILES string of the molecule is COC(=O)c1ccc([C@H](N)C(F)(F)F)cc1.Cl. The van der Waals surface area contributed by atoms with E-state index in [2.05, 4.69) is 4.74 Å². The van der Waals surface area contributed by atoms with Gasteiger partial charge in [-0.25, -0.2) is 4.79 Å². The van der Waals surface area contributed by atoms with Crippen molar-refractivity contribution in [1.82, 2.24) is 0 Å². The summed E-state index contributed by atoms with van der Waals surface area (Å²) in [6, 6.07) is 2.76. The molecular formula is C10H11ClF3NO2. The average molecular weight is 270 g/mol.